The first kappa shape index (κ1) is 13.7. The third-order valence-electron chi connectivity index (χ3n) is 2.64. The molecule has 3 heteroatoms. The van der Waals surface area contributed by atoms with Gasteiger partial charge in [-0.3, -0.25) is 4.79 Å². The van der Waals surface area contributed by atoms with Crippen molar-refractivity contribution in [1.29, 1.82) is 0 Å². The van der Waals surface area contributed by atoms with Crippen LogP contribution in [0.2, 0.25) is 0 Å². The molecule has 0 unspecified atom stereocenters. The van der Waals surface area contributed by atoms with Crippen molar-refractivity contribution in [2.45, 2.75) is 27.2 Å². The summed E-state index contributed by atoms with van der Waals surface area (Å²) in [5.74, 6) is 0.520. The second kappa shape index (κ2) is 6.40. The Morgan fingerprint density at radius 3 is 2.53 bits per heavy atom. The van der Waals surface area contributed by atoms with Crippen LogP contribution in [0, 0.1) is 12.8 Å². The van der Waals surface area contributed by atoms with E-state index in [4.69, 9.17) is 5.73 Å². The highest BCUT2D eigenvalue weighted by molar-refractivity contribution is 5.94. The van der Waals surface area contributed by atoms with Gasteiger partial charge in [-0.2, -0.15) is 0 Å². The molecule has 1 rings (SSSR count). The van der Waals surface area contributed by atoms with Crippen LogP contribution in [0.25, 0.3) is 0 Å². The molecule has 94 valence electrons. The molecule has 0 spiro atoms. The van der Waals surface area contributed by atoms with E-state index >= 15 is 0 Å². The van der Waals surface area contributed by atoms with Crippen molar-refractivity contribution in [1.82, 2.24) is 0 Å². The van der Waals surface area contributed by atoms with Gasteiger partial charge in [-0.1, -0.05) is 32.0 Å². The molecule has 0 aliphatic heterocycles. The highest BCUT2D eigenvalue weighted by Gasteiger charge is 2.17. The molecular weight excluding hydrogens is 212 g/mol. The second-order valence-electron chi connectivity index (χ2n) is 4.72. The largest absolute Gasteiger partial charge is 0.329 e. The van der Waals surface area contributed by atoms with Gasteiger partial charge in [0, 0.05) is 25.2 Å². The van der Waals surface area contributed by atoms with Crippen molar-refractivity contribution in [2.24, 2.45) is 11.7 Å². The van der Waals surface area contributed by atoms with Crippen LogP contribution in [0.3, 0.4) is 0 Å². The minimum atomic E-state index is 0.153. The van der Waals surface area contributed by atoms with E-state index in [-0.39, 0.29) is 5.91 Å². The molecule has 0 saturated heterocycles. The van der Waals surface area contributed by atoms with Crippen LogP contribution < -0.4 is 10.6 Å². The Morgan fingerprint density at radius 2 is 2.00 bits per heavy atom. The molecule has 0 fully saturated rings. The molecule has 0 radical (unpaired) electrons. The lowest BCUT2D eigenvalue weighted by molar-refractivity contribution is -0.119. The number of anilines is 1. The lowest BCUT2D eigenvalue weighted by Crippen LogP contribution is -2.36. The Morgan fingerprint density at radius 1 is 1.35 bits per heavy atom. The number of benzene rings is 1. The summed E-state index contributed by atoms with van der Waals surface area (Å²) in [6.45, 7) is 7.18. The highest BCUT2D eigenvalue weighted by atomic mass is 16.2. The number of para-hydroxylation sites is 1. The SMILES string of the molecule is Cc1ccccc1N(CCN)C(=O)CC(C)C. The standard InChI is InChI=1S/C14H22N2O/c1-11(2)10-14(17)16(9-8-15)13-7-5-4-6-12(13)3/h4-7,11H,8-10,15H2,1-3H3. The molecule has 1 aromatic rings. The molecule has 2 N–H and O–H groups in total. The number of nitrogens with two attached hydrogens (primary N) is 1. The fourth-order valence-corrected chi connectivity index (χ4v) is 1.83. The summed E-state index contributed by atoms with van der Waals surface area (Å²) in [6, 6.07) is 7.92. The van der Waals surface area contributed by atoms with Gasteiger partial charge in [-0.15, -0.1) is 0 Å². The normalized spacial score (nSPS) is 10.6. The third-order valence-corrected chi connectivity index (χ3v) is 2.64. The van der Waals surface area contributed by atoms with Crippen LogP contribution in [-0.2, 0) is 4.79 Å². The van der Waals surface area contributed by atoms with E-state index in [1.165, 1.54) is 0 Å². The van der Waals surface area contributed by atoms with Crippen molar-refractivity contribution in [2.75, 3.05) is 18.0 Å². The van der Waals surface area contributed by atoms with Crippen LogP contribution in [0.5, 0.6) is 0 Å². The van der Waals surface area contributed by atoms with Crippen LogP contribution >= 0.6 is 0 Å². The van der Waals surface area contributed by atoms with E-state index in [1.54, 1.807) is 4.90 Å². The van der Waals surface area contributed by atoms with Crippen LogP contribution in [-0.4, -0.2) is 19.0 Å². The number of aryl methyl sites for hydroxylation is 1. The molecular formula is C14H22N2O. The first-order valence-corrected chi connectivity index (χ1v) is 6.12. The minimum absolute atomic E-state index is 0.153. The average molecular weight is 234 g/mol. The zero-order valence-corrected chi connectivity index (χ0v) is 10.9. The number of nitrogens with zero attached hydrogens (tertiary/aromatic N) is 1. The summed E-state index contributed by atoms with van der Waals surface area (Å²) >= 11 is 0. The summed E-state index contributed by atoms with van der Waals surface area (Å²) in [5, 5.41) is 0. The van der Waals surface area contributed by atoms with Gasteiger partial charge in [0.25, 0.3) is 0 Å². The molecule has 3 nitrogen and oxygen atoms in total. The molecule has 1 amide bonds. The topological polar surface area (TPSA) is 46.3 Å². The predicted molar refractivity (Wildman–Crippen MR) is 72.0 cm³/mol. The van der Waals surface area contributed by atoms with Crippen molar-refractivity contribution in [3.63, 3.8) is 0 Å². The van der Waals surface area contributed by atoms with Crippen LogP contribution in [0.15, 0.2) is 24.3 Å². The number of carbonyl (C=O) groups excluding carboxylic acids is 1. The van der Waals surface area contributed by atoms with Gasteiger partial charge in [-0.05, 0) is 24.5 Å². The fraction of sp³-hybridized carbons (Fsp3) is 0.500. The fourth-order valence-electron chi connectivity index (χ4n) is 1.83. The third kappa shape index (κ3) is 3.86. The Labute approximate surface area is 104 Å². The summed E-state index contributed by atoms with van der Waals surface area (Å²) in [4.78, 5) is 14.0. The summed E-state index contributed by atoms with van der Waals surface area (Å²) in [5.41, 5.74) is 7.68. The molecule has 17 heavy (non-hydrogen) atoms. The van der Waals surface area contributed by atoms with Gasteiger partial charge in [-0.25, -0.2) is 0 Å². The Bertz CT molecular complexity index is 374. The zero-order valence-electron chi connectivity index (χ0n) is 10.9. The van der Waals surface area contributed by atoms with Crippen molar-refractivity contribution < 1.29 is 4.79 Å². The van der Waals surface area contributed by atoms with E-state index in [2.05, 4.69) is 13.8 Å². The van der Waals surface area contributed by atoms with Gasteiger partial charge in [0.05, 0.1) is 0 Å². The maximum absolute atomic E-state index is 12.2. The van der Waals surface area contributed by atoms with Crippen LogP contribution in [0.1, 0.15) is 25.8 Å². The number of amides is 1. The van der Waals surface area contributed by atoms with Gasteiger partial charge < -0.3 is 10.6 Å². The molecule has 0 atom stereocenters. The average Bonchev–Trinajstić information content (AvgIpc) is 2.26. The van der Waals surface area contributed by atoms with Crippen LogP contribution in [0.4, 0.5) is 5.69 Å². The molecule has 0 aliphatic rings. The van der Waals surface area contributed by atoms with E-state index in [1.807, 2.05) is 31.2 Å². The quantitative estimate of drug-likeness (QED) is 0.850. The Balaban J connectivity index is 2.93. The van der Waals surface area contributed by atoms with Gasteiger partial charge in [0.1, 0.15) is 0 Å². The smallest absolute Gasteiger partial charge is 0.227 e. The molecule has 1 aromatic carbocycles. The number of hydrogen-bond donors (Lipinski definition) is 1. The first-order valence-electron chi connectivity index (χ1n) is 6.12. The second-order valence-corrected chi connectivity index (χ2v) is 4.72. The monoisotopic (exact) mass is 234 g/mol. The number of carbonyl (C=O) groups is 1. The Kier molecular flexibility index (Phi) is 5.16. The van der Waals surface area contributed by atoms with E-state index < -0.39 is 0 Å². The Hall–Kier alpha value is -1.35. The number of rotatable bonds is 5. The lowest BCUT2D eigenvalue weighted by Gasteiger charge is -2.24. The van der Waals surface area contributed by atoms with Gasteiger partial charge >= 0.3 is 0 Å². The zero-order chi connectivity index (χ0) is 12.8. The van der Waals surface area contributed by atoms with Crippen molar-refractivity contribution in [3.8, 4) is 0 Å². The van der Waals surface area contributed by atoms with Gasteiger partial charge in [0.2, 0.25) is 5.91 Å². The van der Waals surface area contributed by atoms with Crippen molar-refractivity contribution in [3.05, 3.63) is 29.8 Å². The maximum Gasteiger partial charge on any atom is 0.227 e. The molecule has 0 aromatic heterocycles. The minimum Gasteiger partial charge on any atom is -0.329 e. The summed E-state index contributed by atoms with van der Waals surface area (Å²) < 4.78 is 0. The predicted octanol–water partition coefficient (Wildman–Crippen LogP) is 2.33. The highest BCUT2D eigenvalue weighted by Crippen LogP contribution is 2.20. The van der Waals surface area contributed by atoms with E-state index in [0.717, 1.165) is 11.3 Å². The molecule has 0 saturated carbocycles. The molecule has 0 heterocycles. The van der Waals surface area contributed by atoms with Crippen molar-refractivity contribution >= 4 is 11.6 Å². The molecule has 0 aliphatic carbocycles. The van der Waals surface area contributed by atoms with Gasteiger partial charge in [0.15, 0.2) is 0 Å². The molecule has 0 bridgehead atoms. The van der Waals surface area contributed by atoms with E-state index in [9.17, 15) is 4.79 Å². The lowest BCUT2D eigenvalue weighted by atomic mass is 10.1. The summed E-state index contributed by atoms with van der Waals surface area (Å²) in [6.07, 6.45) is 0.564. The van der Waals surface area contributed by atoms with E-state index in [0.29, 0.717) is 25.4 Å². The number of hydrogen-bond acceptors (Lipinski definition) is 2. The summed E-state index contributed by atoms with van der Waals surface area (Å²) in [7, 11) is 0. The maximum atomic E-state index is 12.2. The first-order chi connectivity index (χ1) is 8.06.